The minimum Gasteiger partial charge on any atom is -0.371 e. The fraction of sp³-hybridized carbons (Fsp3) is 0.333. The van der Waals surface area contributed by atoms with E-state index in [0.717, 1.165) is 12.2 Å². The van der Waals surface area contributed by atoms with E-state index in [1.165, 1.54) is 11.0 Å². The monoisotopic (exact) mass is 288 g/mol. The van der Waals surface area contributed by atoms with Crippen molar-refractivity contribution < 1.29 is 9.18 Å². The van der Waals surface area contributed by atoms with Gasteiger partial charge < -0.3 is 10.2 Å². The van der Waals surface area contributed by atoms with Gasteiger partial charge in [0, 0.05) is 19.3 Å². The van der Waals surface area contributed by atoms with E-state index in [2.05, 4.69) is 10.4 Å². The molecular formula is C15H17FN4O. The molecule has 2 heterocycles. The number of aromatic nitrogens is 2. The Morgan fingerprint density at radius 2 is 2.24 bits per heavy atom. The lowest BCUT2D eigenvalue weighted by atomic mass is 10.2. The molecule has 1 atom stereocenters. The molecular weight excluding hydrogens is 271 g/mol. The maximum atomic E-state index is 13.8. The van der Waals surface area contributed by atoms with E-state index in [1.54, 1.807) is 29.1 Å². The van der Waals surface area contributed by atoms with Crippen LogP contribution in [0.3, 0.4) is 0 Å². The Morgan fingerprint density at radius 3 is 2.95 bits per heavy atom. The first-order chi connectivity index (χ1) is 10.2. The quantitative estimate of drug-likeness (QED) is 0.939. The van der Waals surface area contributed by atoms with Gasteiger partial charge in [-0.1, -0.05) is 12.1 Å². The molecule has 1 aromatic heterocycles. The Balaban J connectivity index is 1.73. The van der Waals surface area contributed by atoms with Crippen LogP contribution in [0.15, 0.2) is 36.7 Å². The summed E-state index contributed by atoms with van der Waals surface area (Å²) in [5.74, 6) is -0.477. The summed E-state index contributed by atoms with van der Waals surface area (Å²) in [6.07, 6.45) is 4.20. The van der Waals surface area contributed by atoms with Gasteiger partial charge in [0.15, 0.2) is 0 Å². The number of hydrogen-bond donors (Lipinski definition) is 1. The molecule has 1 aromatic carbocycles. The minimum atomic E-state index is -0.370. The van der Waals surface area contributed by atoms with Gasteiger partial charge in [0.25, 0.3) is 0 Å². The van der Waals surface area contributed by atoms with E-state index in [9.17, 15) is 9.18 Å². The first-order valence-electron chi connectivity index (χ1n) is 7.04. The van der Waals surface area contributed by atoms with Crippen molar-refractivity contribution in [1.82, 2.24) is 9.78 Å². The molecule has 1 unspecified atom stereocenters. The number of rotatable bonds is 4. The van der Waals surface area contributed by atoms with Gasteiger partial charge in [-0.25, -0.2) is 4.39 Å². The Hall–Kier alpha value is -2.37. The molecule has 0 saturated carbocycles. The Bertz CT molecular complexity index is 655. The number of halogens is 1. The van der Waals surface area contributed by atoms with Crippen LogP contribution >= 0.6 is 0 Å². The fourth-order valence-corrected chi connectivity index (χ4v) is 2.54. The van der Waals surface area contributed by atoms with Crippen molar-refractivity contribution in [3.8, 4) is 0 Å². The molecule has 0 spiro atoms. The number of nitrogens with zero attached hydrogens (tertiary/aromatic N) is 3. The molecule has 1 fully saturated rings. The summed E-state index contributed by atoms with van der Waals surface area (Å²) in [4.78, 5) is 13.9. The molecule has 1 saturated heterocycles. The SMILES string of the molecule is CCn1cc(NC2CCN(c3ccccc3F)C2=O)cn1. The standard InChI is InChI=1S/C15H17FN4O/c1-2-19-10-11(9-17-19)18-13-7-8-20(15(13)21)14-6-4-3-5-12(14)16/h3-6,9-10,13,18H,2,7-8H2,1H3. The number of carbonyl (C=O) groups excluding carboxylic acids is 1. The highest BCUT2D eigenvalue weighted by Crippen LogP contribution is 2.25. The highest BCUT2D eigenvalue weighted by Gasteiger charge is 2.33. The summed E-state index contributed by atoms with van der Waals surface area (Å²) in [7, 11) is 0. The summed E-state index contributed by atoms with van der Waals surface area (Å²) in [5, 5.41) is 7.33. The van der Waals surface area contributed by atoms with Crippen LogP contribution in [0.2, 0.25) is 0 Å². The van der Waals surface area contributed by atoms with Crippen LogP contribution in [0.25, 0.3) is 0 Å². The third kappa shape index (κ3) is 2.61. The lowest BCUT2D eigenvalue weighted by molar-refractivity contribution is -0.117. The molecule has 6 heteroatoms. The topological polar surface area (TPSA) is 50.2 Å². The maximum Gasteiger partial charge on any atom is 0.249 e. The summed E-state index contributed by atoms with van der Waals surface area (Å²) in [5.41, 5.74) is 1.15. The molecule has 1 aliphatic rings. The van der Waals surface area contributed by atoms with Crippen molar-refractivity contribution in [2.75, 3.05) is 16.8 Å². The van der Waals surface area contributed by atoms with Gasteiger partial charge in [-0.15, -0.1) is 0 Å². The highest BCUT2D eigenvalue weighted by molar-refractivity contribution is 6.01. The largest absolute Gasteiger partial charge is 0.371 e. The van der Waals surface area contributed by atoms with Crippen LogP contribution in [0.5, 0.6) is 0 Å². The Labute approximate surface area is 122 Å². The number of amides is 1. The predicted molar refractivity (Wildman–Crippen MR) is 78.7 cm³/mol. The fourth-order valence-electron chi connectivity index (χ4n) is 2.54. The van der Waals surface area contributed by atoms with E-state index in [1.807, 2.05) is 13.1 Å². The van der Waals surface area contributed by atoms with Gasteiger partial charge in [0.05, 0.1) is 17.6 Å². The summed E-state index contributed by atoms with van der Waals surface area (Å²) < 4.78 is 15.6. The maximum absolute atomic E-state index is 13.8. The van der Waals surface area contributed by atoms with Crippen LogP contribution in [0.1, 0.15) is 13.3 Å². The van der Waals surface area contributed by atoms with E-state index in [4.69, 9.17) is 0 Å². The smallest absolute Gasteiger partial charge is 0.249 e. The zero-order chi connectivity index (χ0) is 14.8. The molecule has 1 aliphatic heterocycles. The molecule has 1 amide bonds. The normalized spacial score (nSPS) is 18.3. The van der Waals surface area contributed by atoms with Crippen molar-refractivity contribution in [1.29, 1.82) is 0 Å². The van der Waals surface area contributed by atoms with Crippen LogP contribution in [0.4, 0.5) is 15.8 Å². The van der Waals surface area contributed by atoms with Gasteiger partial charge >= 0.3 is 0 Å². The van der Waals surface area contributed by atoms with Crippen molar-refractivity contribution in [3.05, 3.63) is 42.5 Å². The number of anilines is 2. The first kappa shape index (κ1) is 13.6. The van der Waals surface area contributed by atoms with E-state index in [-0.39, 0.29) is 17.8 Å². The number of aryl methyl sites for hydroxylation is 1. The molecule has 21 heavy (non-hydrogen) atoms. The molecule has 1 N–H and O–H groups in total. The second-order valence-corrected chi connectivity index (χ2v) is 5.01. The molecule has 0 bridgehead atoms. The predicted octanol–water partition coefficient (Wildman–Crippen LogP) is 2.26. The van der Waals surface area contributed by atoms with E-state index in [0.29, 0.717) is 18.7 Å². The third-order valence-corrected chi connectivity index (χ3v) is 3.65. The molecule has 0 radical (unpaired) electrons. The van der Waals surface area contributed by atoms with Gasteiger partial charge in [0.2, 0.25) is 5.91 Å². The molecule has 2 aromatic rings. The average molecular weight is 288 g/mol. The van der Waals surface area contributed by atoms with E-state index >= 15 is 0 Å². The number of hydrogen-bond acceptors (Lipinski definition) is 3. The third-order valence-electron chi connectivity index (χ3n) is 3.65. The van der Waals surface area contributed by atoms with Crippen LogP contribution in [-0.2, 0) is 11.3 Å². The molecule has 5 nitrogen and oxygen atoms in total. The average Bonchev–Trinajstić information content (AvgIpc) is 3.08. The van der Waals surface area contributed by atoms with Crippen molar-refractivity contribution in [2.45, 2.75) is 25.9 Å². The van der Waals surface area contributed by atoms with Crippen molar-refractivity contribution in [3.63, 3.8) is 0 Å². The second-order valence-electron chi connectivity index (χ2n) is 5.01. The van der Waals surface area contributed by atoms with Gasteiger partial charge in [-0.2, -0.15) is 5.10 Å². The van der Waals surface area contributed by atoms with Gasteiger partial charge in [-0.3, -0.25) is 9.48 Å². The zero-order valence-corrected chi connectivity index (χ0v) is 11.8. The Kier molecular flexibility index (Phi) is 3.60. The van der Waals surface area contributed by atoms with Gasteiger partial charge in [-0.05, 0) is 25.5 Å². The van der Waals surface area contributed by atoms with Gasteiger partial charge in [0.1, 0.15) is 11.9 Å². The number of nitrogens with one attached hydrogen (secondary N) is 1. The van der Waals surface area contributed by atoms with Crippen LogP contribution in [0, 0.1) is 5.82 Å². The number of benzene rings is 1. The zero-order valence-electron chi connectivity index (χ0n) is 11.8. The summed E-state index contributed by atoms with van der Waals surface area (Å²) in [6.45, 7) is 3.29. The minimum absolute atomic E-state index is 0.107. The number of para-hydroxylation sites is 1. The number of carbonyl (C=O) groups is 1. The lowest BCUT2D eigenvalue weighted by Crippen LogP contribution is -2.33. The van der Waals surface area contributed by atoms with Crippen molar-refractivity contribution in [2.24, 2.45) is 0 Å². The Morgan fingerprint density at radius 1 is 1.43 bits per heavy atom. The summed E-state index contributed by atoms with van der Waals surface area (Å²) in [6, 6.07) is 6.02. The highest BCUT2D eigenvalue weighted by atomic mass is 19.1. The van der Waals surface area contributed by atoms with Crippen LogP contribution < -0.4 is 10.2 Å². The van der Waals surface area contributed by atoms with Crippen LogP contribution in [-0.4, -0.2) is 28.3 Å². The first-order valence-corrected chi connectivity index (χ1v) is 7.04. The van der Waals surface area contributed by atoms with E-state index < -0.39 is 0 Å². The molecule has 0 aliphatic carbocycles. The lowest BCUT2D eigenvalue weighted by Gasteiger charge is -2.17. The second kappa shape index (κ2) is 5.55. The molecule has 3 rings (SSSR count). The summed E-state index contributed by atoms with van der Waals surface area (Å²) >= 11 is 0. The van der Waals surface area contributed by atoms with Crippen molar-refractivity contribution >= 4 is 17.3 Å². The molecule has 110 valence electrons.